The minimum atomic E-state index is 0.119. The van der Waals surface area contributed by atoms with Crippen LogP contribution in [0.4, 0.5) is 5.13 Å². The van der Waals surface area contributed by atoms with Crippen LogP contribution in [0.3, 0.4) is 0 Å². The predicted octanol–water partition coefficient (Wildman–Crippen LogP) is 2.97. The van der Waals surface area contributed by atoms with E-state index in [9.17, 15) is 4.79 Å². The summed E-state index contributed by atoms with van der Waals surface area (Å²) < 4.78 is 4.53. The average molecular weight is 356 g/mol. The van der Waals surface area contributed by atoms with E-state index < -0.39 is 0 Å². The van der Waals surface area contributed by atoms with Crippen molar-refractivity contribution in [1.82, 2.24) is 14.3 Å². The molecule has 0 bridgehead atoms. The lowest BCUT2D eigenvalue weighted by Gasteiger charge is -2.33. The Morgan fingerprint density at radius 1 is 1.12 bits per heavy atom. The van der Waals surface area contributed by atoms with Crippen LogP contribution in [-0.2, 0) is 11.2 Å². The number of carbonyl (C=O) groups excluding carboxylic acids is 1. The van der Waals surface area contributed by atoms with Gasteiger partial charge in [0, 0.05) is 44.1 Å². The number of rotatable bonds is 4. The maximum Gasteiger partial charge on any atom is 0.227 e. The number of piperidine rings is 1. The van der Waals surface area contributed by atoms with Gasteiger partial charge in [-0.25, -0.2) is 4.98 Å². The second-order valence-electron chi connectivity index (χ2n) is 6.97. The van der Waals surface area contributed by atoms with Crippen LogP contribution >= 0.6 is 11.5 Å². The number of nitrogens with zero attached hydrogens (tertiary/aromatic N) is 4. The molecular weight excluding hydrogens is 332 g/mol. The van der Waals surface area contributed by atoms with Gasteiger partial charge in [0.1, 0.15) is 5.82 Å². The molecule has 2 aromatic rings. The maximum absolute atomic E-state index is 12.7. The van der Waals surface area contributed by atoms with Gasteiger partial charge in [-0.15, -0.1) is 0 Å². The Kier molecular flexibility index (Phi) is 4.97. The van der Waals surface area contributed by atoms with Crippen LogP contribution in [0.1, 0.15) is 37.1 Å². The van der Waals surface area contributed by atoms with Gasteiger partial charge in [-0.3, -0.25) is 4.79 Å². The summed E-state index contributed by atoms with van der Waals surface area (Å²) in [4.78, 5) is 21.7. The van der Waals surface area contributed by atoms with E-state index >= 15 is 0 Å². The van der Waals surface area contributed by atoms with Gasteiger partial charge >= 0.3 is 0 Å². The van der Waals surface area contributed by atoms with E-state index in [0.717, 1.165) is 69.2 Å². The molecule has 2 aliphatic heterocycles. The first-order valence-electron chi connectivity index (χ1n) is 9.20. The quantitative estimate of drug-likeness (QED) is 0.845. The van der Waals surface area contributed by atoms with Crippen molar-refractivity contribution in [2.75, 3.05) is 31.1 Å². The highest BCUT2D eigenvalue weighted by Crippen LogP contribution is 2.27. The molecule has 1 atom stereocenters. The molecular formula is C19H24N4OS. The molecule has 1 aromatic heterocycles. The van der Waals surface area contributed by atoms with Crippen molar-refractivity contribution in [2.45, 2.75) is 32.1 Å². The first-order chi connectivity index (χ1) is 12.3. The number of anilines is 1. The van der Waals surface area contributed by atoms with Crippen LogP contribution in [0.15, 0.2) is 30.3 Å². The lowest BCUT2D eigenvalue weighted by atomic mass is 9.97. The van der Waals surface area contributed by atoms with Gasteiger partial charge in [0.15, 0.2) is 0 Å². The monoisotopic (exact) mass is 356 g/mol. The summed E-state index contributed by atoms with van der Waals surface area (Å²) in [6, 6.07) is 10.3. The van der Waals surface area contributed by atoms with Crippen LogP contribution < -0.4 is 4.90 Å². The topological polar surface area (TPSA) is 49.3 Å². The molecule has 0 aliphatic carbocycles. The van der Waals surface area contributed by atoms with Gasteiger partial charge in [-0.05, 0) is 31.2 Å². The zero-order valence-electron chi connectivity index (χ0n) is 14.4. The average Bonchev–Trinajstić information content (AvgIpc) is 3.34. The second kappa shape index (κ2) is 7.52. The Labute approximate surface area is 152 Å². The first-order valence-corrected chi connectivity index (χ1v) is 9.97. The van der Waals surface area contributed by atoms with E-state index in [1.165, 1.54) is 17.1 Å². The Bertz CT molecular complexity index is 711. The fraction of sp³-hybridized carbons (Fsp3) is 0.526. The third-order valence-electron chi connectivity index (χ3n) is 5.12. The van der Waals surface area contributed by atoms with Crippen molar-refractivity contribution >= 4 is 22.6 Å². The maximum atomic E-state index is 12.7. The Hall–Kier alpha value is -1.95. The minimum absolute atomic E-state index is 0.119. The fourth-order valence-electron chi connectivity index (χ4n) is 3.77. The normalized spacial score (nSPS) is 20.9. The molecule has 2 aliphatic rings. The Morgan fingerprint density at radius 3 is 2.72 bits per heavy atom. The molecule has 2 fully saturated rings. The van der Waals surface area contributed by atoms with Crippen LogP contribution in [0.25, 0.3) is 0 Å². The Balaban J connectivity index is 1.40. The van der Waals surface area contributed by atoms with E-state index in [-0.39, 0.29) is 5.92 Å². The number of hydrogen-bond acceptors (Lipinski definition) is 5. The largest absolute Gasteiger partial charge is 0.346 e. The molecule has 25 heavy (non-hydrogen) atoms. The van der Waals surface area contributed by atoms with Crippen molar-refractivity contribution in [3.8, 4) is 0 Å². The molecule has 1 amide bonds. The van der Waals surface area contributed by atoms with Gasteiger partial charge in [-0.1, -0.05) is 30.3 Å². The molecule has 3 heterocycles. The summed E-state index contributed by atoms with van der Waals surface area (Å²) in [6.45, 7) is 3.64. The number of hydrogen-bond donors (Lipinski definition) is 0. The lowest BCUT2D eigenvalue weighted by molar-refractivity contribution is -0.134. The van der Waals surface area contributed by atoms with Gasteiger partial charge < -0.3 is 9.80 Å². The molecule has 0 spiro atoms. The van der Waals surface area contributed by atoms with Gasteiger partial charge in [-0.2, -0.15) is 4.37 Å². The molecule has 6 heteroatoms. The van der Waals surface area contributed by atoms with Crippen molar-refractivity contribution in [3.05, 3.63) is 41.7 Å². The minimum Gasteiger partial charge on any atom is -0.346 e. The number of amides is 1. The third-order valence-corrected chi connectivity index (χ3v) is 5.94. The highest BCUT2D eigenvalue weighted by Gasteiger charge is 2.31. The summed E-state index contributed by atoms with van der Waals surface area (Å²) in [5.41, 5.74) is 1.23. The predicted molar refractivity (Wildman–Crippen MR) is 99.9 cm³/mol. The molecule has 0 unspecified atom stereocenters. The van der Waals surface area contributed by atoms with E-state index in [1.807, 2.05) is 18.2 Å². The molecule has 0 radical (unpaired) electrons. The summed E-state index contributed by atoms with van der Waals surface area (Å²) in [6.07, 6.45) is 5.13. The SMILES string of the molecule is O=C([C@@H]1CCCN(c2nc(Cc3ccccc3)ns2)C1)N1CCCC1. The van der Waals surface area contributed by atoms with Crippen molar-refractivity contribution in [2.24, 2.45) is 5.92 Å². The van der Waals surface area contributed by atoms with Crippen molar-refractivity contribution in [1.29, 1.82) is 0 Å². The summed E-state index contributed by atoms with van der Waals surface area (Å²) in [7, 11) is 0. The van der Waals surface area contributed by atoms with Crippen LogP contribution in [-0.4, -0.2) is 46.3 Å². The van der Waals surface area contributed by atoms with Crippen molar-refractivity contribution < 1.29 is 4.79 Å². The van der Waals surface area contributed by atoms with Crippen molar-refractivity contribution in [3.63, 3.8) is 0 Å². The summed E-state index contributed by atoms with van der Waals surface area (Å²) >= 11 is 1.46. The van der Waals surface area contributed by atoms with Crippen LogP contribution in [0.5, 0.6) is 0 Å². The van der Waals surface area contributed by atoms with Gasteiger partial charge in [0.05, 0.1) is 5.92 Å². The molecule has 5 nitrogen and oxygen atoms in total. The van der Waals surface area contributed by atoms with E-state index in [0.29, 0.717) is 5.91 Å². The molecule has 1 aromatic carbocycles. The van der Waals surface area contributed by atoms with Crippen LogP contribution in [0, 0.1) is 5.92 Å². The highest BCUT2D eigenvalue weighted by atomic mass is 32.1. The van der Waals surface area contributed by atoms with Gasteiger partial charge in [0.2, 0.25) is 11.0 Å². The van der Waals surface area contributed by atoms with Gasteiger partial charge in [0.25, 0.3) is 0 Å². The van der Waals surface area contributed by atoms with E-state index in [4.69, 9.17) is 4.98 Å². The fourth-order valence-corrected chi connectivity index (χ4v) is 4.49. The zero-order valence-corrected chi connectivity index (χ0v) is 15.2. The van der Waals surface area contributed by atoms with E-state index in [1.54, 1.807) is 0 Å². The standard InChI is InChI=1S/C19H24N4OS/c24-18(22-10-4-5-11-22)16-9-6-12-23(14-16)19-20-17(21-25-19)13-15-7-2-1-3-8-15/h1-3,7-8,16H,4-6,9-14H2/t16-/m1/s1. The zero-order chi connectivity index (χ0) is 17.1. The summed E-state index contributed by atoms with van der Waals surface area (Å²) in [5, 5.41) is 0.963. The summed E-state index contributed by atoms with van der Waals surface area (Å²) in [5.74, 6) is 1.34. The van der Waals surface area contributed by atoms with Crippen LogP contribution in [0.2, 0.25) is 0 Å². The molecule has 0 N–H and O–H groups in total. The number of likely N-dealkylation sites (tertiary alicyclic amines) is 1. The number of benzene rings is 1. The Morgan fingerprint density at radius 2 is 1.92 bits per heavy atom. The van der Waals surface area contributed by atoms with E-state index in [2.05, 4.69) is 26.3 Å². The first kappa shape index (κ1) is 16.5. The second-order valence-corrected chi connectivity index (χ2v) is 7.70. The molecule has 132 valence electrons. The lowest BCUT2D eigenvalue weighted by Crippen LogP contribution is -2.44. The smallest absolute Gasteiger partial charge is 0.227 e. The third kappa shape index (κ3) is 3.84. The number of aromatic nitrogens is 2. The molecule has 2 saturated heterocycles. The molecule has 4 rings (SSSR count). The molecule has 0 saturated carbocycles. The highest BCUT2D eigenvalue weighted by molar-refractivity contribution is 7.09. The number of carbonyl (C=O) groups is 1.